The van der Waals surface area contributed by atoms with Crippen molar-refractivity contribution in [3.63, 3.8) is 0 Å². The van der Waals surface area contributed by atoms with Gasteiger partial charge in [0.25, 0.3) is 0 Å². The molecule has 7 nitrogen and oxygen atoms in total. The van der Waals surface area contributed by atoms with Gasteiger partial charge in [0.05, 0.1) is 5.56 Å². The number of nitrogens with one attached hydrogen (secondary N) is 1. The molecule has 2 aromatic heterocycles. The molecule has 2 N–H and O–H groups in total. The molecule has 1 saturated carbocycles. The fraction of sp³-hybridized carbons (Fsp3) is 0.300. The number of aliphatic hydroxyl groups is 1. The Morgan fingerprint density at radius 2 is 1.80 bits per heavy atom. The number of rotatable bonds is 6. The van der Waals surface area contributed by atoms with E-state index < -0.39 is 59.8 Å². The van der Waals surface area contributed by atoms with Gasteiger partial charge in [-0.15, -0.1) is 10.2 Å². The van der Waals surface area contributed by atoms with Gasteiger partial charge in [0.1, 0.15) is 23.2 Å². The Kier molecular flexibility index (Phi) is 7.24. The number of nitrogens with zero attached hydrogens (tertiary/aromatic N) is 4. The molecule has 1 fully saturated rings. The minimum absolute atomic E-state index is 0.0135. The van der Waals surface area contributed by atoms with E-state index in [0.29, 0.717) is 11.1 Å². The van der Waals surface area contributed by atoms with Crippen molar-refractivity contribution in [2.75, 3.05) is 0 Å². The molecule has 0 spiro atoms. The number of aryl methyl sites for hydroxylation is 1. The quantitative estimate of drug-likeness (QED) is 0.198. The minimum atomic E-state index is -4.94. The average molecular weight is 620 g/mol. The lowest BCUT2D eigenvalue weighted by Gasteiger charge is -2.32. The summed E-state index contributed by atoms with van der Waals surface area (Å²) in [7, 11) is 1.62. The van der Waals surface area contributed by atoms with Gasteiger partial charge in [-0.2, -0.15) is 26.3 Å². The average Bonchev–Trinajstić information content (AvgIpc) is 3.69. The van der Waals surface area contributed by atoms with Gasteiger partial charge in [-0.3, -0.25) is 0 Å². The van der Waals surface area contributed by atoms with Crippen molar-refractivity contribution in [3.8, 4) is 34.0 Å². The minimum Gasteiger partial charge on any atom is -0.435 e. The smallest absolute Gasteiger partial charge is 0.420 e. The molecular weight excluding hydrogens is 595 g/mol. The Balaban J connectivity index is 1.48. The molecule has 0 radical (unpaired) electrons. The predicted octanol–water partition coefficient (Wildman–Crippen LogP) is 7.05. The van der Waals surface area contributed by atoms with Gasteiger partial charge in [-0.05, 0) is 54.2 Å². The first-order valence-corrected chi connectivity index (χ1v) is 13.5. The van der Waals surface area contributed by atoms with E-state index in [4.69, 9.17) is 4.42 Å². The molecule has 1 aliphatic rings. The highest BCUT2D eigenvalue weighted by atomic mass is 19.4. The summed E-state index contributed by atoms with van der Waals surface area (Å²) in [5, 5.41) is 20.8. The number of aromatic nitrogens is 4. The van der Waals surface area contributed by atoms with Gasteiger partial charge in [0.15, 0.2) is 17.0 Å². The summed E-state index contributed by atoms with van der Waals surface area (Å²) in [6, 6.07) is 12.1. The van der Waals surface area contributed by atoms with Crippen LogP contribution in [0, 0.1) is 5.82 Å². The van der Waals surface area contributed by atoms with Crippen LogP contribution < -0.4 is 5.32 Å². The molecule has 0 saturated heterocycles. The third-order valence-electron chi connectivity index (χ3n) is 7.91. The summed E-state index contributed by atoms with van der Waals surface area (Å²) in [5.74, 6) is -1.08. The Hall–Kier alpha value is -4.30. The maximum Gasteiger partial charge on any atom is 0.420 e. The third-order valence-corrected chi connectivity index (χ3v) is 7.91. The first kappa shape index (κ1) is 29.8. The van der Waals surface area contributed by atoms with Crippen LogP contribution in [-0.4, -0.2) is 42.7 Å². The molecule has 3 aromatic carbocycles. The fourth-order valence-corrected chi connectivity index (χ4v) is 5.74. The van der Waals surface area contributed by atoms with Gasteiger partial charge in [0.2, 0.25) is 5.89 Å². The highest BCUT2D eigenvalue weighted by Gasteiger charge is 2.60. The van der Waals surface area contributed by atoms with Crippen molar-refractivity contribution < 1.29 is 40.3 Å². The lowest BCUT2D eigenvalue weighted by molar-refractivity contribution is -0.264. The van der Waals surface area contributed by atoms with E-state index >= 15 is 4.39 Å². The van der Waals surface area contributed by atoms with Crippen LogP contribution in [0.5, 0.6) is 0 Å². The summed E-state index contributed by atoms with van der Waals surface area (Å²) < 4.78 is 106. The second-order valence-electron chi connectivity index (χ2n) is 10.7. The van der Waals surface area contributed by atoms with E-state index in [1.165, 1.54) is 23.0 Å². The zero-order valence-corrected chi connectivity index (χ0v) is 23.0. The van der Waals surface area contributed by atoms with Crippen molar-refractivity contribution in [2.24, 2.45) is 7.05 Å². The van der Waals surface area contributed by atoms with Crippen LogP contribution in [-0.2, 0) is 19.8 Å². The molecule has 230 valence electrons. The van der Waals surface area contributed by atoms with E-state index in [0.717, 1.165) is 12.1 Å². The second-order valence-corrected chi connectivity index (χ2v) is 10.7. The number of halogens is 7. The normalized spacial score (nSPS) is 19.2. The van der Waals surface area contributed by atoms with Gasteiger partial charge in [-0.25, -0.2) is 9.37 Å². The molecule has 2 heterocycles. The molecule has 0 bridgehead atoms. The van der Waals surface area contributed by atoms with E-state index in [1.807, 2.05) is 0 Å². The van der Waals surface area contributed by atoms with Gasteiger partial charge in [-0.1, -0.05) is 36.4 Å². The van der Waals surface area contributed by atoms with Crippen LogP contribution in [0.25, 0.3) is 45.1 Å². The number of hydrogen-bond acceptors (Lipinski definition) is 6. The van der Waals surface area contributed by atoms with E-state index in [-0.39, 0.29) is 40.9 Å². The van der Waals surface area contributed by atoms with Crippen LogP contribution in [0.15, 0.2) is 65.3 Å². The van der Waals surface area contributed by atoms with E-state index in [1.54, 1.807) is 37.4 Å². The molecular formula is C30H24F7N5O2. The number of benzene rings is 3. The highest BCUT2D eigenvalue weighted by molar-refractivity contribution is 5.92. The van der Waals surface area contributed by atoms with Gasteiger partial charge < -0.3 is 19.4 Å². The monoisotopic (exact) mass is 619 g/mol. The number of oxazole rings is 1. The summed E-state index contributed by atoms with van der Waals surface area (Å²) in [4.78, 5) is 4.24. The summed E-state index contributed by atoms with van der Waals surface area (Å²) >= 11 is 0. The summed E-state index contributed by atoms with van der Waals surface area (Å²) in [5.41, 5.74) is -4.12. The van der Waals surface area contributed by atoms with Crippen LogP contribution in [0.2, 0.25) is 0 Å². The van der Waals surface area contributed by atoms with E-state index in [2.05, 4.69) is 20.5 Å². The molecule has 1 aliphatic carbocycles. The topological polar surface area (TPSA) is 89.0 Å². The van der Waals surface area contributed by atoms with Crippen LogP contribution in [0.1, 0.15) is 30.4 Å². The highest BCUT2D eigenvalue weighted by Crippen LogP contribution is 2.45. The van der Waals surface area contributed by atoms with Crippen molar-refractivity contribution in [3.05, 3.63) is 77.9 Å². The zero-order chi connectivity index (χ0) is 31.4. The summed E-state index contributed by atoms with van der Waals surface area (Å²) in [6.07, 6.45) is -8.91. The zero-order valence-electron chi connectivity index (χ0n) is 23.0. The summed E-state index contributed by atoms with van der Waals surface area (Å²) in [6.45, 7) is -0.424. The Morgan fingerprint density at radius 1 is 1.05 bits per heavy atom. The number of fused-ring (bicyclic) bond motifs is 1. The number of alkyl halides is 6. The predicted molar refractivity (Wildman–Crippen MR) is 145 cm³/mol. The Bertz CT molecular complexity index is 1830. The molecule has 0 aliphatic heterocycles. The standard InChI is InChI=1S/C30H24F7N5O2/c1-42-15-39-41-26(42)23-18(17-6-3-2-4-7-17)9-10-20(31)24(23)27-40-21-13-16(12-19(25(21)44-27)29(32,33)34)14-38-22-8-5-11-28(22,43)30(35,36)37/h2-4,6-7,9-10,12-13,15,22,38,43H,5,8,11,14H2,1H3/t22?,28-/m1/s1. The third kappa shape index (κ3) is 5.11. The molecule has 14 heteroatoms. The van der Waals surface area contributed by atoms with Crippen molar-refractivity contribution in [1.29, 1.82) is 0 Å². The Morgan fingerprint density at radius 3 is 2.45 bits per heavy atom. The Labute approximate surface area is 245 Å². The molecule has 1 unspecified atom stereocenters. The fourth-order valence-electron chi connectivity index (χ4n) is 5.74. The van der Waals surface area contributed by atoms with Crippen molar-refractivity contribution >= 4 is 11.1 Å². The molecule has 2 atom stereocenters. The molecule has 5 aromatic rings. The molecule has 6 rings (SSSR count). The molecule has 44 heavy (non-hydrogen) atoms. The lowest BCUT2D eigenvalue weighted by atomic mass is 9.94. The maximum atomic E-state index is 15.7. The van der Waals surface area contributed by atoms with Crippen molar-refractivity contribution in [2.45, 2.75) is 49.8 Å². The molecule has 0 amide bonds. The first-order chi connectivity index (χ1) is 20.8. The first-order valence-electron chi connectivity index (χ1n) is 13.5. The SMILES string of the molecule is Cn1cnnc1-c1c(-c2ccccc2)ccc(F)c1-c1nc2cc(CNC3CCC[C@]3(O)C(F)(F)F)cc(C(F)(F)F)c2o1. The van der Waals surface area contributed by atoms with E-state index in [9.17, 15) is 31.4 Å². The second kappa shape index (κ2) is 10.7. The number of hydrogen-bond donors (Lipinski definition) is 2. The van der Waals surface area contributed by atoms with Crippen LogP contribution >= 0.6 is 0 Å². The van der Waals surface area contributed by atoms with Crippen LogP contribution in [0.4, 0.5) is 30.7 Å². The largest absolute Gasteiger partial charge is 0.435 e. The van der Waals surface area contributed by atoms with Gasteiger partial charge in [0, 0.05) is 25.2 Å². The maximum absolute atomic E-state index is 15.7. The lowest BCUT2D eigenvalue weighted by Crippen LogP contribution is -2.56. The van der Waals surface area contributed by atoms with Gasteiger partial charge >= 0.3 is 12.4 Å². The van der Waals surface area contributed by atoms with Crippen LogP contribution in [0.3, 0.4) is 0 Å². The van der Waals surface area contributed by atoms with Crippen molar-refractivity contribution in [1.82, 2.24) is 25.1 Å².